The Hall–Kier alpha value is -2.31. The second kappa shape index (κ2) is 11.7. The number of rotatable bonds is 10. The third-order valence-corrected chi connectivity index (χ3v) is 6.48. The van der Waals surface area contributed by atoms with E-state index in [4.69, 9.17) is 23.9 Å². The van der Waals surface area contributed by atoms with Gasteiger partial charge in [0, 0.05) is 34.7 Å². The molecule has 1 aliphatic rings. The summed E-state index contributed by atoms with van der Waals surface area (Å²) in [5, 5.41) is 1.02. The molecular formula is C27H32BrNO4. The van der Waals surface area contributed by atoms with Gasteiger partial charge in [-0.2, -0.15) is 0 Å². The van der Waals surface area contributed by atoms with Gasteiger partial charge in [0.1, 0.15) is 23.9 Å². The quantitative estimate of drug-likeness (QED) is 0.277. The summed E-state index contributed by atoms with van der Waals surface area (Å²) in [7, 11) is 0. The van der Waals surface area contributed by atoms with Crippen molar-refractivity contribution in [2.75, 3.05) is 26.4 Å². The Kier molecular flexibility index (Phi) is 8.46. The lowest BCUT2D eigenvalue weighted by Gasteiger charge is -2.22. The Morgan fingerprint density at radius 1 is 1.03 bits per heavy atom. The minimum Gasteiger partial charge on any atom is -0.493 e. The molecule has 1 saturated heterocycles. The number of nitrogens with zero attached hydrogens (tertiary/aromatic N) is 1. The number of halogens is 1. The molecule has 0 spiro atoms. The van der Waals surface area contributed by atoms with E-state index in [0.29, 0.717) is 25.7 Å². The lowest BCUT2D eigenvalue weighted by molar-refractivity contribution is 0.0497. The van der Waals surface area contributed by atoms with Crippen molar-refractivity contribution < 1.29 is 18.9 Å². The van der Waals surface area contributed by atoms with E-state index in [1.165, 1.54) is 0 Å². The van der Waals surface area contributed by atoms with Crippen LogP contribution < -0.4 is 14.2 Å². The van der Waals surface area contributed by atoms with Crippen LogP contribution in [0.4, 0.5) is 0 Å². The predicted molar refractivity (Wildman–Crippen MR) is 134 cm³/mol. The van der Waals surface area contributed by atoms with E-state index >= 15 is 0 Å². The molecule has 33 heavy (non-hydrogen) atoms. The highest BCUT2D eigenvalue weighted by Crippen LogP contribution is 2.33. The van der Waals surface area contributed by atoms with Crippen LogP contribution in [0.1, 0.15) is 43.9 Å². The van der Waals surface area contributed by atoms with E-state index in [-0.39, 0.29) is 0 Å². The molecule has 0 saturated carbocycles. The third-order valence-electron chi connectivity index (χ3n) is 5.98. The summed E-state index contributed by atoms with van der Waals surface area (Å²) in [6, 6.07) is 13.9. The average Bonchev–Trinajstić information content (AvgIpc) is 2.84. The SMILES string of the molecule is CCCCOc1c(C)c(COc2cccc(OCC3CCOCC3)c2)nc2ccc(Br)cc12. The van der Waals surface area contributed by atoms with Crippen molar-refractivity contribution in [3.63, 3.8) is 0 Å². The summed E-state index contributed by atoms with van der Waals surface area (Å²) in [5.74, 6) is 3.04. The first-order valence-electron chi connectivity index (χ1n) is 11.8. The molecule has 2 aromatic carbocycles. The van der Waals surface area contributed by atoms with Gasteiger partial charge in [-0.15, -0.1) is 0 Å². The molecule has 0 aliphatic carbocycles. The van der Waals surface area contributed by atoms with Gasteiger partial charge in [0.25, 0.3) is 0 Å². The van der Waals surface area contributed by atoms with Crippen LogP contribution in [0.25, 0.3) is 10.9 Å². The van der Waals surface area contributed by atoms with Crippen molar-refractivity contribution in [1.82, 2.24) is 4.98 Å². The van der Waals surface area contributed by atoms with E-state index in [2.05, 4.69) is 35.8 Å². The van der Waals surface area contributed by atoms with E-state index < -0.39 is 0 Å². The van der Waals surface area contributed by atoms with E-state index in [1.807, 2.05) is 36.4 Å². The maximum absolute atomic E-state index is 6.20. The zero-order valence-electron chi connectivity index (χ0n) is 19.4. The third kappa shape index (κ3) is 6.39. The molecule has 0 radical (unpaired) electrons. The topological polar surface area (TPSA) is 49.8 Å². The number of ether oxygens (including phenoxy) is 4. The molecule has 4 rings (SSSR count). The molecule has 5 nitrogen and oxygen atoms in total. The highest BCUT2D eigenvalue weighted by molar-refractivity contribution is 9.10. The minimum atomic E-state index is 0.366. The average molecular weight is 514 g/mol. The molecule has 0 N–H and O–H groups in total. The van der Waals surface area contributed by atoms with Crippen LogP contribution in [-0.4, -0.2) is 31.4 Å². The van der Waals surface area contributed by atoms with E-state index in [1.54, 1.807) is 0 Å². The van der Waals surface area contributed by atoms with Gasteiger partial charge in [0.15, 0.2) is 0 Å². The Morgan fingerprint density at radius 3 is 2.61 bits per heavy atom. The molecule has 176 valence electrons. The van der Waals surface area contributed by atoms with Crippen LogP contribution in [0.5, 0.6) is 17.2 Å². The Morgan fingerprint density at radius 2 is 1.82 bits per heavy atom. The zero-order chi connectivity index (χ0) is 23.0. The van der Waals surface area contributed by atoms with Crippen molar-refractivity contribution >= 4 is 26.8 Å². The number of pyridine rings is 1. The van der Waals surface area contributed by atoms with Crippen molar-refractivity contribution in [1.29, 1.82) is 0 Å². The Bertz CT molecular complexity index is 1070. The summed E-state index contributed by atoms with van der Waals surface area (Å²) in [4.78, 5) is 4.87. The molecule has 3 aromatic rings. The van der Waals surface area contributed by atoms with Crippen molar-refractivity contribution in [3.8, 4) is 17.2 Å². The highest BCUT2D eigenvalue weighted by atomic mass is 79.9. The smallest absolute Gasteiger partial charge is 0.133 e. The van der Waals surface area contributed by atoms with E-state index in [0.717, 1.165) is 82.8 Å². The molecule has 1 fully saturated rings. The summed E-state index contributed by atoms with van der Waals surface area (Å²) in [5.41, 5.74) is 2.80. The van der Waals surface area contributed by atoms with E-state index in [9.17, 15) is 0 Å². The fourth-order valence-corrected chi connectivity index (χ4v) is 4.29. The molecular weight excluding hydrogens is 482 g/mol. The van der Waals surface area contributed by atoms with Crippen LogP contribution >= 0.6 is 15.9 Å². The van der Waals surface area contributed by atoms with Gasteiger partial charge in [0.2, 0.25) is 0 Å². The standard InChI is InChI=1S/C27H32BrNO4/c1-3-4-12-31-27-19(2)26(29-25-9-8-21(28)15-24(25)27)18-33-23-7-5-6-22(16-23)32-17-20-10-13-30-14-11-20/h5-9,15-16,20H,3-4,10-14,17-18H2,1-2H3. The van der Waals surface area contributed by atoms with Crippen molar-refractivity contribution in [3.05, 3.63) is 58.2 Å². The van der Waals surface area contributed by atoms with Gasteiger partial charge in [-0.25, -0.2) is 4.98 Å². The number of aromatic nitrogens is 1. The van der Waals surface area contributed by atoms with Gasteiger partial charge in [-0.05, 0) is 62.4 Å². The van der Waals surface area contributed by atoms with Crippen LogP contribution in [-0.2, 0) is 11.3 Å². The summed E-state index contributed by atoms with van der Waals surface area (Å²) in [6.07, 6.45) is 4.23. The summed E-state index contributed by atoms with van der Waals surface area (Å²) < 4.78 is 24.8. The lowest BCUT2D eigenvalue weighted by atomic mass is 10.0. The molecule has 0 unspecified atom stereocenters. The molecule has 6 heteroatoms. The van der Waals surface area contributed by atoms with Gasteiger partial charge >= 0.3 is 0 Å². The Labute approximate surface area is 204 Å². The predicted octanol–water partition coefficient (Wildman–Crippen LogP) is 6.87. The van der Waals surface area contributed by atoms with Crippen LogP contribution in [0.15, 0.2) is 46.9 Å². The zero-order valence-corrected chi connectivity index (χ0v) is 21.0. The number of hydrogen-bond donors (Lipinski definition) is 0. The first kappa shape index (κ1) is 23.8. The largest absolute Gasteiger partial charge is 0.493 e. The maximum Gasteiger partial charge on any atom is 0.133 e. The first-order valence-corrected chi connectivity index (χ1v) is 12.6. The minimum absolute atomic E-state index is 0.366. The second-order valence-corrected chi connectivity index (χ2v) is 9.42. The molecule has 0 atom stereocenters. The van der Waals surface area contributed by atoms with Gasteiger partial charge in [0.05, 0.1) is 24.4 Å². The van der Waals surface area contributed by atoms with Gasteiger partial charge < -0.3 is 18.9 Å². The number of fused-ring (bicyclic) bond motifs is 1. The fraction of sp³-hybridized carbons (Fsp3) is 0.444. The summed E-state index contributed by atoms with van der Waals surface area (Å²) in [6.45, 7) is 7.65. The maximum atomic E-state index is 6.20. The van der Waals surface area contributed by atoms with Crippen LogP contribution in [0.3, 0.4) is 0 Å². The molecule has 2 heterocycles. The molecule has 0 bridgehead atoms. The van der Waals surface area contributed by atoms with Gasteiger partial charge in [-0.1, -0.05) is 35.3 Å². The second-order valence-electron chi connectivity index (χ2n) is 8.51. The first-order chi connectivity index (χ1) is 16.1. The number of unbranched alkanes of at least 4 members (excludes halogenated alkanes) is 1. The number of hydrogen-bond acceptors (Lipinski definition) is 5. The van der Waals surface area contributed by atoms with Crippen LogP contribution in [0.2, 0.25) is 0 Å². The van der Waals surface area contributed by atoms with Crippen molar-refractivity contribution in [2.24, 2.45) is 5.92 Å². The Balaban J connectivity index is 1.47. The number of benzene rings is 2. The lowest BCUT2D eigenvalue weighted by Crippen LogP contribution is -2.21. The monoisotopic (exact) mass is 513 g/mol. The highest BCUT2D eigenvalue weighted by Gasteiger charge is 2.16. The van der Waals surface area contributed by atoms with Crippen LogP contribution in [0, 0.1) is 12.8 Å². The molecule has 1 aromatic heterocycles. The van der Waals surface area contributed by atoms with Gasteiger partial charge in [-0.3, -0.25) is 0 Å². The molecule has 1 aliphatic heterocycles. The fourth-order valence-electron chi connectivity index (χ4n) is 3.93. The molecule has 0 amide bonds. The summed E-state index contributed by atoms with van der Waals surface area (Å²) >= 11 is 3.57. The normalized spacial score (nSPS) is 14.4. The van der Waals surface area contributed by atoms with Crippen molar-refractivity contribution in [2.45, 2.75) is 46.1 Å².